The summed E-state index contributed by atoms with van der Waals surface area (Å²) in [4.78, 5) is 38.5. The lowest BCUT2D eigenvalue weighted by Gasteiger charge is -2.18. The monoisotopic (exact) mass is 487 g/mol. The quantitative estimate of drug-likeness (QED) is 0.285. The van der Waals surface area contributed by atoms with Crippen LogP contribution in [0.5, 0.6) is 0 Å². The predicted octanol–water partition coefficient (Wildman–Crippen LogP) is 4.44. The first-order chi connectivity index (χ1) is 16.5. The smallest absolute Gasteiger partial charge is 0.362 e. The van der Waals surface area contributed by atoms with E-state index in [9.17, 15) is 22.8 Å². The molecule has 10 heteroatoms. The van der Waals surface area contributed by atoms with Crippen molar-refractivity contribution in [2.75, 3.05) is 19.0 Å². The molecular formula is C25H24F3N3O4. The van der Waals surface area contributed by atoms with Crippen molar-refractivity contribution in [3.8, 4) is 0 Å². The molecule has 0 amide bonds. The second-order valence-electron chi connectivity index (χ2n) is 8.23. The summed E-state index contributed by atoms with van der Waals surface area (Å²) < 4.78 is 38.1. The highest BCUT2D eigenvalue weighted by Crippen LogP contribution is 2.29. The van der Waals surface area contributed by atoms with Crippen molar-refractivity contribution >= 4 is 17.6 Å². The Labute approximate surface area is 200 Å². The van der Waals surface area contributed by atoms with E-state index in [1.807, 2.05) is 12.1 Å². The summed E-state index contributed by atoms with van der Waals surface area (Å²) in [6, 6.07) is 11.4. The van der Waals surface area contributed by atoms with Gasteiger partial charge in [-0.05, 0) is 30.2 Å². The Morgan fingerprint density at radius 1 is 0.943 bits per heavy atom. The Morgan fingerprint density at radius 2 is 1.54 bits per heavy atom. The first-order valence-corrected chi connectivity index (χ1v) is 10.6. The molecule has 0 saturated carbocycles. The SMILES string of the molecule is Cc1nc(Cc2ccc(CC(=O)c3ccc(C(F)(F)F)cc3)cc2)nc(N(C)C)c1CC(=O)OO. The summed E-state index contributed by atoms with van der Waals surface area (Å²) in [5.41, 5.74) is 2.17. The van der Waals surface area contributed by atoms with Crippen molar-refractivity contribution in [2.45, 2.75) is 32.4 Å². The third-order valence-corrected chi connectivity index (χ3v) is 5.37. The van der Waals surface area contributed by atoms with Gasteiger partial charge in [0, 0.05) is 43.8 Å². The lowest BCUT2D eigenvalue weighted by molar-refractivity contribution is -0.233. The number of ketones is 1. The fourth-order valence-electron chi connectivity index (χ4n) is 3.56. The number of nitrogens with zero attached hydrogens (tertiary/aromatic N) is 3. The maximum absolute atomic E-state index is 12.7. The van der Waals surface area contributed by atoms with E-state index in [2.05, 4.69) is 14.9 Å². The minimum atomic E-state index is -4.45. The predicted molar refractivity (Wildman–Crippen MR) is 122 cm³/mol. The van der Waals surface area contributed by atoms with Gasteiger partial charge in [0.25, 0.3) is 0 Å². The molecule has 3 rings (SSSR count). The molecule has 0 fully saturated rings. The van der Waals surface area contributed by atoms with Crippen LogP contribution < -0.4 is 4.90 Å². The molecule has 0 aliphatic rings. The molecule has 3 aromatic rings. The maximum Gasteiger partial charge on any atom is 0.416 e. The standard InChI is InChI=1S/C25H24F3N3O4/c1-15-20(14-23(33)35-34)24(31(2)3)30-22(29-15)13-17-6-4-16(5-7-17)12-21(32)18-8-10-19(11-9-18)25(26,27)28/h4-11,34H,12-14H2,1-3H3. The van der Waals surface area contributed by atoms with E-state index < -0.39 is 17.7 Å². The van der Waals surface area contributed by atoms with E-state index in [1.165, 1.54) is 12.1 Å². The van der Waals surface area contributed by atoms with Gasteiger partial charge in [0.05, 0.1) is 12.0 Å². The molecule has 0 unspecified atom stereocenters. The van der Waals surface area contributed by atoms with E-state index in [1.54, 1.807) is 38.1 Å². The number of benzene rings is 2. The van der Waals surface area contributed by atoms with Gasteiger partial charge in [0.1, 0.15) is 11.6 Å². The number of alkyl halides is 3. The van der Waals surface area contributed by atoms with Crippen LogP contribution >= 0.6 is 0 Å². The van der Waals surface area contributed by atoms with Crippen LogP contribution in [0.2, 0.25) is 0 Å². The average Bonchev–Trinajstić information content (AvgIpc) is 2.81. The molecule has 0 saturated heterocycles. The van der Waals surface area contributed by atoms with E-state index >= 15 is 0 Å². The zero-order valence-corrected chi connectivity index (χ0v) is 19.4. The first kappa shape index (κ1) is 25.8. The number of hydrogen-bond acceptors (Lipinski definition) is 7. The fraction of sp³-hybridized carbons (Fsp3) is 0.280. The highest BCUT2D eigenvalue weighted by Gasteiger charge is 2.30. The van der Waals surface area contributed by atoms with Gasteiger partial charge in [-0.3, -0.25) is 4.79 Å². The van der Waals surface area contributed by atoms with Gasteiger partial charge in [0.15, 0.2) is 5.78 Å². The van der Waals surface area contributed by atoms with Gasteiger partial charge in [-0.15, -0.1) is 0 Å². The highest BCUT2D eigenvalue weighted by molar-refractivity contribution is 5.97. The second kappa shape index (κ2) is 10.6. The van der Waals surface area contributed by atoms with Gasteiger partial charge in [0.2, 0.25) is 0 Å². The molecule has 2 aromatic carbocycles. The van der Waals surface area contributed by atoms with Crippen molar-refractivity contribution in [1.82, 2.24) is 9.97 Å². The fourth-order valence-corrected chi connectivity index (χ4v) is 3.56. The summed E-state index contributed by atoms with van der Waals surface area (Å²) in [5.74, 6) is -0.0235. The van der Waals surface area contributed by atoms with Crippen LogP contribution in [0.25, 0.3) is 0 Å². The minimum absolute atomic E-state index is 0.0572. The molecule has 1 aromatic heterocycles. The molecule has 1 N–H and O–H groups in total. The molecule has 35 heavy (non-hydrogen) atoms. The van der Waals surface area contributed by atoms with Crippen LogP contribution in [0, 0.1) is 6.92 Å². The van der Waals surface area contributed by atoms with Gasteiger partial charge in [-0.2, -0.15) is 18.4 Å². The average molecular weight is 487 g/mol. The van der Waals surface area contributed by atoms with Crippen LogP contribution in [-0.4, -0.2) is 41.1 Å². The normalized spacial score (nSPS) is 11.3. The number of rotatable bonds is 8. The lowest BCUT2D eigenvalue weighted by Crippen LogP contribution is -2.19. The van der Waals surface area contributed by atoms with Crippen LogP contribution in [0.1, 0.15) is 44.1 Å². The largest absolute Gasteiger partial charge is 0.416 e. The Balaban J connectivity index is 1.71. The molecule has 0 radical (unpaired) electrons. The third-order valence-electron chi connectivity index (χ3n) is 5.37. The molecule has 0 spiro atoms. The summed E-state index contributed by atoms with van der Waals surface area (Å²) in [6.07, 6.45) is -4.16. The third kappa shape index (κ3) is 6.63. The molecule has 0 aliphatic carbocycles. The van der Waals surface area contributed by atoms with E-state index in [4.69, 9.17) is 5.26 Å². The Bertz CT molecular complexity index is 1210. The Kier molecular flexibility index (Phi) is 7.85. The Hall–Kier alpha value is -3.79. The zero-order valence-electron chi connectivity index (χ0n) is 19.4. The number of Topliss-reactive ketones (excluding diaryl/α,β-unsaturated/α-hetero) is 1. The van der Waals surface area contributed by atoms with Gasteiger partial charge < -0.3 is 9.79 Å². The van der Waals surface area contributed by atoms with Crippen molar-refractivity contribution < 1.29 is 32.9 Å². The molecule has 7 nitrogen and oxygen atoms in total. The summed E-state index contributed by atoms with van der Waals surface area (Å²) in [7, 11) is 3.56. The minimum Gasteiger partial charge on any atom is -0.362 e. The number of carbonyl (C=O) groups is 2. The second-order valence-corrected chi connectivity index (χ2v) is 8.23. The zero-order chi connectivity index (χ0) is 25.8. The van der Waals surface area contributed by atoms with E-state index in [0.29, 0.717) is 29.3 Å². The molecule has 184 valence electrons. The summed E-state index contributed by atoms with van der Waals surface area (Å²) in [5, 5.41) is 8.58. The number of halogens is 3. The summed E-state index contributed by atoms with van der Waals surface area (Å²) >= 11 is 0. The number of carbonyl (C=O) groups excluding carboxylic acids is 2. The molecule has 0 bridgehead atoms. The van der Waals surface area contributed by atoms with Gasteiger partial charge >= 0.3 is 12.1 Å². The lowest BCUT2D eigenvalue weighted by atomic mass is 10.00. The topological polar surface area (TPSA) is 92.6 Å². The Morgan fingerprint density at radius 3 is 2.09 bits per heavy atom. The van der Waals surface area contributed by atoms with Crippen LogP contribution in [0.3, 0.4) is 0 Å². The van der Waals surface area contributed by atoms with Crippen molar-refractivity contribution in [1.29, 1.82) is 0 Å². The number of aromatic nitrogens is 2. The van der Waals surface area contributed by atoms with Crippen molar-refractivity contribution in [2.24, 2.45) is 0 Å². The molecule has 0 aliphatic heterocycles. The van der Waals surface area contributed by atoms with E-state index in [-0.39, 0.29) is 24.2 Å². The van der Waals surface area contributed by atoms with Gasteiger partial charge in [-0.1, -0.05) is 36.4 Å². The highest BCUT2D eigenvalue weighted by atomic mass is 19.4. The molecule has 0 atom stereocenters. The van der Waals surface area contributed by atoms with Crippen molar-refractivity contribution in [3.05, 3.63) is 87.9 Å². The van der Waals surface area contributed by atoms with Crippen LogP contribution in [-0.2, 0) is 35.1 Å². The number of hydrogen-bond donors (Lipinski definition) is 1. The molecule has 1 heterocycles. The summed E-state index contributed by atoms with van der Waals surface area (Å²) in [6.45, 7) is 1.74. The first-order valence-electron chi connectivity index (χ1n) is 10.6. The number of aryl methyl sites for hydroxylation is 1. The maximum atomic E-state index is 12.7. The van der Waals surface area contributed by atoms with Crippen LogP contribution in [0.15, 0.2) is 48.5 Å². The molecular weight excluding hydrogens is 463 g/mol. The van der Waals surface area contributed by atoms with Crippen molar-refractivity contribution in [3.63, 3.8) is 0 Å². The number of anilines is 1. The van der Waals surface area contributed by atoms with Gasteiger partial charge in [-0.25, -0.2) is 14.8 Å². The van der Waals surface area contributed by atoms with Crippen LogP contribution in [0.4, 0.5) is 19.0 Å². The van der Waals surface area contributed by atoms with E-state index in [0.717, 1.165) is 23.3 Å².